The van der Waals surface area contributed by atoms with Gasteiger partial charge >= 0.3 is 0 Å². The number of amidine groups is 1. The lowest BCUT2D eigenvalue weighted by Gasteiger charge is -2.34. The van der Waals surface area contributed by atoms with E-state index in [-0.39, 0.29) is 11.7 Å². The number of nitrogens with one attached hydrogen (secondary N) is 1. The summed E-state index contributed by atoms with van der Waals surface area (Å²) in [5.74, 6) is -0.414. The fourth-order valence-electron chi connectivity index (χ4n) is 2.34. The zero-order valence-corrected chi connectivity index (χ0v) is 12.5. The van der Waals surface area contributed by atoms with Gasteiger partial charge in [-0.15, -0.1) is 0 Å². The first-order chi connectivity index (χ1) is 9.99. The van der Waals surface area contributed by atoms with E-state index in [2.05, 4.69) is 10.5 Å². The molecule has 6 nitrogen and oxygen atoms in total. The Bertz CT molecular complexity index is 569. The van der Waals surface area contributed by atoms with Gasteiger partial charge in [0.1, 0.15) is 5.41 Å². The standard InChI is InChI=1S/C14H18ClN3O3/c1-9-2-3-10(8-11(9)15)17-13(19)14(12(16)18-20)4-6-21-7-5-14/h2-3,8,20H,4-7H2,1H3,(H2,16,18)(H,17,19). The third-order valence-electron chi connectivity index (χ3n) is 3.81. The highest BCUT2D eigenvalue weighted by Crippen LogP contribution is 2.33. The maximum atomic E-state index is 12.6. The molecule has 1 fully saturated rings. The number of anilines is 1. The zero-order chi connectivity index (χ0) is 15.5. The number of amides is 1. The van der Waals surface area contributed by atoms with E-state index in [1.165, 1.54) is 0 Å². The molecule has 0 spiro atoms. The number of benzene rings is 1. The van der Waals surface area contributed by atoms with Crippen LogP contribution in [-0.4, -0.2) is 30.2 Å². The molecule has 1 saturated heterocycles. The summed E-state index contributed by atoms with van der Waals surface area (Å²) in [6, 6.07) is 5.25. The molecule has 2 rings (SSSR count). The van der Waals surface area contributed by atoms with Gasteiger partial charge < -0.3 is 21.0 Å². The quantitative estimate of drug-likeness (QED) is 0.345. The van der Waals surface area contributed by atoms with Gasteiger partial charge in [0.05, 0.1) is 0 Å². The van der Waals surface area contributed by atoms with E-state index in [0.717, 1.165) is 5.56 Å². The minimum Gasteiger partial charge on any atom is -0.409 e. The number of carbonyl (C=O) groups is 1. The molecule has 114 valence electrons. The van der Waals surface area contributed by atoms with Crippen molar-refractivity contribution in [1.82, 2.24) is 0 Å². The molecule has 1 amide bonds. The fourth-order valence-corrected chi connectivity index (χ4v) is 2.52. The van der Waals surface area contributed by atoms with Crippen molar-refractivity contribution in [1.29, 1.82) is 0 Å². The van der Waals surface area contributed by atoms with Gasteiger partial charge in [0, 0.05) is 23.9 Å². The fraction of sp³-hybridized carbons (Fsp3) is 0.429. The second-order valence-electron chi connectivity index (χ2n) is 5.10. The Kier molecular flexibility index (Phi) is 4.69. The SMILES string of the molecule is Cc1ccc(NC(=O)C2(C(N)=NO)CCOCC2)cc1Cl. The molecular formula is C14H18ClN3O3. The number of halogens is 1. The number of hydrogen-bond acceptors (Lipinski definition) is 4. The van der Waals surface area contributed by atoms with Crippen LogP contribution in [-0.2, 0) is 9.53 Å². The molecule has 1 aliphatic rings. The van der Waals surface area contributed by atoms with Crippen LogP contribution >= 0.6 is 11.6 Å². The normalized spacial score (nSPS) is 18.3. The minimum absolute atomic E-state index is 0.0958. The summed E-state index contributed by atoms with van der Waals surface area (Å²) in [5, 5.41) is 15.4. The first-order valence-corrected chi connectivity index (χ1v) is 7.01. The lowest BCUT2D eigenvalue weighted by Crippen LogP contribution is -2.50. The minimum atomic E-state index is -1.05. The summed E-state index contributed by atoms with van der Waals surface area (Å²) in [6.45, 7) is 2.65. The van der Waals surface area contributed by atoms with Crippen molar-refractivity contribution in [3.63, 3.8) is 0 Å². The van der Waals surface area contributed by atoms with Crippen molar-refractivity contribution in [3.8, 4) is 0 Å². The van der Waals surface area contributed by atoms with Gasteiger partial charge in [-0.2, -0.15) is 0 Å². The molecule has 21 heavy (non-hydrogen) atoms. The third-order valence-corrected chi connectivity index (χ3v) is 4.22. The summed E-state index contributed by atoms with van der Waals surface area (Å²) in [7, 11) is 0. The van der Waals surface area contributed by atoms with Gasteiger partial charge in [0.25, 0.3) is 0 Å². The summed E-state index contributed by atoms with van der Waals surface area (Å²) < 4.78 is 5.26. The van der Waals surface area contributed by atoms with Crippen molar-refractivity contribution in [2.24, 2.45) is 16.3 Å². The van der Waals surface area contributed by atoms with Crippen molar-refractivity contribution in [2.75, 3.05) is 18.5 Å². The van der Waals surface area contributed by atoms with Crippen molar-refractivity contribution in [2.45, 2.75) is 19.8 Å². The molecule has 7 heteroatoms. The Balaban J connectivity index is 2.24. The van der Waals surface area contributed by atoms with Gasteiger partial charge in [-0.1, -0.05) is 22.8 Å². The Morgan fingerprint density at radius 2 is 2.14 bits per heavy atom. The number of aryl methyl sites for hydroxylation is 1. The smallest absolute Gasteiger partial charge is 0.238 e. The summed E-state index contributed by atoms with van der Waals surface area (Å²) in [6.07, 6.45) is 0.739. The summed E-state index contributed by atoms with van der Waals surface area (Å²) >= 11 is 6.05. The highest BCUT2D eigenvalue weighted by atomic mass is 35.5. The van der Waals surface area contributed by atoms with Crippen LogP contribution in [0.25, 0.3) is 0 Å². The van der Waals surface area contributed by atoms with Crippen molar-refractivity contribution >= 4 is 29.0 Å². The average Bonchev–Trinajstić information content (AvgIpc) is 2.50. The van der Waals surface area contributed by atoms with Crippen molar-refractivity contribution < 1.29 is 14.7 Å². The summed E-state index contributed by atoms with van der Waals surface area (Å²) in [5.41, 5.74) is 6.20. The van der Waals surface area contributed by atoms with Crippen LogP contribution in [0.3, 0.4) is 0 Å². The summed E-state index contributed by atoms with van der Waals surface area (Å²) in [4.78, 5) is 12.6. The molecule has 1 heterocycles. The molecule has 0 aliphatic carbocycles. The third kappa shape index (κ3) is 3.11. The van der Waals surface area contributed by atoms with Crippen LogP contribution < -0.4 is 11.1 Å². The second kappa shape index (κ2) is 6.32. The van der Waals surface area contributed by atoms with Crippen LogP contribution in [0.1, 0.15) is 18.4 Å². The van der Waals surface area contributed by atoms with Crippen LogP contribution in [0.15, 0.2) is 23.4 Å². The maximum Gasteiger partial charge on any atom is 0.238 e. The highest BCUT2D eigenvalue weighted by Gasteiger charge is 2.44. The number of nitrogens with two attached hydrogens (primary N) is 1. The topological polar surface area (TPSA) is 96.9 Å². The number of rotatable bonds is 3. The van der Waals surface area contributed by atoms with E-state index in [1.807, 2.05) is 13.0 Å². The van der Waals surface area contributed by atoms with Crippen molar-refractivity contribution in [3.05, 3.63) is 28.8 Å². The van der Waals surface area contributed by atoms with Crippen LogP contribution in [0, 0.1) is 12.3 Å². The molecule has 0 atom stereocenters. The first kappa shape index (κ1) is 15.6. The monoisotopic (exact) mass is 311 g/mol. The molecule has 0 saturated carbocycles. The molecule has 0 bridgehead atoms. The van der Waals surface area contributed by atoms with Gasteiger partial charge in [-0.3, -0.25) is 4.79 Å². The number of carbonyl (C=O) groups excluding carboxylic acids is 1. The average molecular weight is 312 g/mol. The van der Waals surface area contributed by atoms with Crippen LogP contribution in [0.2, 0.25) is 5.02 Å². The predicted octanol–water partition coefficient (Wildman–Crippen LogP) is 2.13. The van der Waals surface area contributed by atoms with Crippen LogP contribution in [0.4, 0.5) is 5.69 Å². The molecular weight excluding hydrogens is 294 g/mol. The van der Waals surface area contributed by atoms with E-state index in [4.69, 9.17) is 27.3 Å². The van der Waals surface area contributed by atoms with E-state index in [9.17, 15) is 4.79 Å². The molecule has 1 aromatic carbocycles. The van der Waals surface area contributed by atoms with Gasteiger partial charge in [0.15, 0.2) is 5.84 Å². The number of oxime groups is 1. The molecule has 1 aliphatic heterocycles. The molecule has 0 unspecified atom stereocenters. The lowest BCUT2D eigenvalue weighted by molar-refractivity contribution is -0.126. The molecule has 4 N–H and O–H groups in total. The molecule has 1 aromatic rings. The van der Waals surface area contributed by atoms with E-state index in [0.29, 0.717) is 36.8 Å². The van der Waals surface area contributed by atoms with Crippen LogP contribution in [0.5, 0.6) is 0 Å². The Morgan fingerprint density at radius 3 is 2.71 bits per heavy atom. The van der Waals surface area contributed by atoms with Gasteiger partial charge in [-0.05, 0) is 37.5 Å². The second-order valence-corrected chi connectivity index (χ2v) is 5.51. The van der Waals surface area contributed by atoms with Gasteiger partial charge in [-0.25, -0.2) is 0 Å². The van der Waals surface area contributed by atoms with E-state index < -0.39 is 5.41 Å². The maximum absolute atomic E-state index is 12.6. The first-order valence-electron chi connectivity index (χ1n) is 6.63. The van der Waals surface area contributed by atoms with Gasteiger partial charge in [0.2, 0.25) is 5.91 Å². The highest BCUT2D eigenvalue weighted by molar-refractivity contribution is 6.31. The zero-order valence-electron chi connectivity index (χ0n) is 11.7. The van der Waals surface area contributed by atoms with E-state index in [1.54, 1.807) is 12.1 Å². The number of ether oxygens (including phenoxy) is 1. The largest absolute Gasteiger partial charge is 0.409 e. The van der Waals surface area contributed by atoms with E-state index >= 15 is 0 Å². The lowest BCUT2D eigenvalue weighted by atomic mass is 9.78. The number of nitrogens with zero attached hydrogens (tertiary/aromatic N) is 1. The molecule has 0 radical (unpaired) electrons. The predicted molar refractivity (Wildman–Crippen MR) is 80.7 cm³/mol. The number of hydrogen-bond donors (Lipinski definition) is 3. The Hall–Kier alpha value is -1.79. The Labute approximate surface area is 127 Å². The Morgan fingerprint density at radius 1 is 1.48 bits per heavy atom. The molecule has 0 aromatic heterocycles.